The van der Waals surface area contributed by atoms with Crippen molar-refractivity contribution in [1.29, 1.82) is 0 Å². The highest BCUT2D eigenvalue weighted by Gasteiger charge is 2.41. The third-order valence-electron chi connectivity index (χ3n) is 3.76. The number of rotatable bonds is 5. The van der Waals surface area contributed by atoms with Crippen LogP contribution in [-0.2, 0) is 0 Å². The first kappa shape index (κ1) is 11.4. The van der Waals surface area contributed by atoms with Gasteiger partial charge in [0.1, 0.15) is 5.52 Å². The second-order valence-electron chi connectivity index (χ2n) is 5.35. The van der Waals surface area contributed by atoms with Crippen LogP contribution in [0.3, 0.4) is 0 Å². The van der Waals surface area contributed by atoms with Gasteiger partial charge in [-0.1, -0.05) is 13.3 Å². The van der Waals surface area contributed by atoms with Crippen LogP contribution < -0.4 is 11.1 Å². The summed E-state index contributed by atoms with van der Waals surface area (Å²) < 4.78 is 5.65. The summed E-state index contributed by atoms with van der Waals surface area (Å²) in [6, 6.07) is 6.15. The number of nitrogen functional groups attached to an aromatic ring is 1. The van der Waals surface area contributed by atoms with Gasteiger partial charge in [-0.25, -0.2) is 0 Å². The quantitative estimate of drug-likeness (QED) is 0.792. The topological polar surface area (TPSA) is 64.1 Å². The summed E-state index contributed by atoms with van der Waals surface area (Å²) in [4.78, 5) is 4.41. The van der Waals surface area contributed by atoms with Crippen molar-refractivity contribution in [3.63, 3.8) is 0 Å². The molecule has 0 amide bonds. The Kier molecular flexibility index (Phi) is 2.65. The van der Waals surface area contributed by atoms with E-state index in [0.717, 1.165) is 17.6 Å². The first-order valence-corrected chi connectivity index (χ1v) is 6.61. The van der Waals surface area contributed by atoms with Crippen molar-refractivity contribution >= 4 is 22.8 Å². The zero-order valence-corrected chi connectivity index (χ0v) is 10.7. The number of fused-ring (bicyclic) bond motifs is 1. The Morgan fingerprint density at radius 2 is 2.28 bits per heavy atom. The van der Waals surface area contributed by atoms with Crippen LogP contribution in [0.15, 0.2) is 22.6 Å². The molecule has 3 rings (SSSR count). The van der Waals surface area contributed by atoms with Gasteiger partial charge >= 0.3 is 0 Å². The molecule has 0 atom stereocenters. The predicted molar refractivity (Wildman–Crippen MR) is 73.5 cm³/mol. The summed E-state index contributed by atoms with van der Waals surface area (Å²) in [5.41, 5.74) is 8.52. The van der Waals surface area contributed by atoms with E-state index in [9.17, 15) is 0 Å². The largest absolute Gasteiger partial charge is 0.423 e. The van der Waals surface area contributed by atoms with E-state index in [1.165, 1.54) is 25.7 Å². The number of hydrogen-bond acceptors (Lipinski definition) is 4. The lowest BCUT2D eigenvalue weighted by Gasteiger charge is -2.13. The summed E-state index contributed by atoms with van der Waals surface area (Å²) in [6.45, 7) is 3.20. The van der Waals surface area contributed by atoms with Gasteiger partial charge in [-0.2, -0.15) is 4.98 Å². The number of nitrogens with one attached hydrogen (secondary N) is 1. The van der Waals surface area contributed by atoms with Gasteiger partial charge in [-0.15, -0.1) is 0 Å². The average Bonchev–Trinajstić information content (AvgIpc) is 2.99. The van der Waals surface area contributed by atoms with Crippen molar-refractivity contribution in [2.75, 3.05) is 17.6 Å². The van der Waals surface area contributed by atoms with E-state index in [0.29, 0.717) is 17.1 Å². The van der Waals surface area contributed by atoms with Gasteiger partial charge in [0.2, 0.25) is 0 Å². The molecule has 1 fully saturated rings. The summed E-state index contributed by atoms with van der Waals surface area (Å²) in [6.07, 6.45) is 5.17. The van der Waals surface area contributed by atoms with Crippen molar-refractivity contribution in [3.05, 3.63) is 18.2 Å². The van der Waals surface area contributed by atoms with Crippen LogP contribution in [0, 0.1) is 5.41 Å². The van der Waals surface area contributed by atoms with Crippen LogP contribution in [0.25, 0.3) is 11.1 Å². The van der Waals surface area contributed by atoms with E-state index in [-0.39, 0.29) is 0 Å². The van der Waals surface area contributed by atoms with Crippen LogP contribution in [0.4, 0.5) is 11.7 Å². The van der Waals surface area contributed by atoms with Gasteiger partial charge in [0.25, 0.3) is 6.01 Å². The van der Waals surface area contributed by atoms with Gasteiger partial charge in [-0.05, 0) is 36.8 Å². The number of benzene rings is 1. The Bertz CT molecular complexity index is 557. The number of nitrogens with two attached hydrogens (primary N) is 1. The first-order valence-electron chi connectivity index (χ1n) is 6.61. The maximum Gasteiger partial charge on any atom is 0.295 e. The van der Waals surface area contributed by atoms with Crippen molar-refractivity contribution in [1.82, 2.24) is 4.98 Å². The van der Waals surface area contributed by atoms with Crippen molar-refractivity contribution in [3.8, 4) is 0 Å². The standard InChI is InChI=1S/C14H19N3O/c1-2-5-14(6-7-14)9-16-13-17-11-4-3-10(15)8-12(11)18-13/h3-4,8H,2,5-7,9,15H2,1H3,(H,16,17). The maximum atomic E-state index is 5.72. The third kappa shape index (κ3) is 2.15. The van der Waals surface area contributed by atoms with Gasteiger partial charge in [0, 0.05) is 18.3 Å². The van der Waals surface area contributed by atoms with Gasteiger partial charge < -0.3 is 15.5 Å². The Hall–Kier alpha value is -1.71. The van der Waals surface area contributed by atoms with Crippen LogP contribution in [0.2, 0.25) is 0 Å². The number of hydrogen-bond donors (Lipinski definition) is 2. The van der Waals surface area contributed by atoms with Crippen LogP contribution >= 0.6 is 0 Å². The summed E-state index contributed by atoms with van der Waals surface area (Å²) >= 11 is 0. The van der Waals surface area contributed by atoms with Crippen molar-refractivity contribution < 1.29 is 4.42 Å². The summed E-state index contributed by atoms with van der Waals surface area (Å²) in [5, 5.41) is 3.32. The molecule has 1 aliphatic carbocycles. The Morgan fingerprint density at radius 1 is 1.44 bits per heavy atom. The average molecular weight is 245 g/mol. The molecule has 3 N–H and O–H groups in total. The molecule has 1 heterocycles. The molecular weight excluding hydrogens is 226 g/mol. The lowest BCUT2D eigenvalue weighted by Crippen LogP contribution is -2.15. The van der Waals surface area contributed by atoms with Crippen molar-refractivity contribution in [2.24, 2.45) is 5.41 Å². The molecule has 4 heteroatoms. The molecule has 0 unspecified atom stereocenters. The first-order chi connectivity index (χ1) is 8.71. The second-order valence-corrected chi connectivity index (χ2v) is 5.35. The van der Waals surface area contributed by atoms with E-state index in [4.69, 9.17) is 10.2 Å². The van der Waals surface area contributed by atoms with E-state index >= 15 is 0 Å². The molecule has 1 saturated carbocycles. The molecule has 0 bridgehead atoms. The maximum absolute atomic E-state index is 5.72. The Balaban J connectivity index is 1.71. The molecule has 0 spiro atoms. The highest BCUT2D eigenvalue weighted by Crippen LogP contribution is 2.49. The van der Waals surface area contributed by atoms with Crippen LogP contribution in [0.5, 0.6) is 0 Å². The number of aromatic nitrogens is 1. The second kappa shape index (κ2) is 4.19. The van der Waals surface area contributed by atoms with Gasteiger partial charge in [0.15, 0.2) is 5.58 Å². The molecule has 1 aliphatic rings. The molecule has 0 radical (unpaired) electrons. The monoisotopic (exact) mass is 245 g/mol. The lowest BCUT2D eigenvalue weighted by molar-refractivity contribution is 0.476. The highest BCUT2D eigenvalue weighted by molar-refractivity contribution is 5.78. The van der Waals surface area contributed by atoms with Crippen molar-refractivity contribution in [2.45, 2.75) is 32.6 Å². The fourth-order valence-electron chi connectivity index (χ4n) is 2.50. The molecule has 1 aromatic heterocycles. The van der Waals surface area contributed by atoms with E-state index in [1.54, 1.807) is 0 Å². The number of anilines is 2. The van der Waals surface area contributed by atoms with Crippen LogP contribution in [-0.4, -0.2) is 11.5 Å². The summed E-state index contributed by atoms with van der Waals surface area (Å²) in [7, 11) is 0. The lowest BCUT2D eigenvalue weighted by atomic mass is 10.0. The smallest absolute Gasteiger partial charge is 0.295 e. The van der Waals surface area contributed by atoms with Crippen LogP contribution in [0.1, 0.15) is 32.6 Å². The SMILES string of the molecule is CCCC1(CNc2nc3ccc(N)cc3o2)CC1. The van der Waals surface area contributed by atoms with E-state index in [1.807, 2.05) is 18.2 Å². The molecule has 96 valence electrons. The number of nitrogens with zero attached hydrogens (tertiary/aromatic N) is 1. The zero-order valence-electron chi connectivity index (χ0n) is 10.7. The minimum atomic E-state index is 0.494. The third-order valence-corrected chi connectivity index (χ3v) is 3.76. The fraction of sp³-hybridized carbons (Fsp3) is 0.500. The van der Waals surface area contributed by atoms with E-state index < -0.39 is 0 Å². The molecule has 2 aromatic rings. The molecule has 0 aliphatic heterocycles. The summed E-state index contributed by atoms with van der Waals surface area (Å²) in [5.74, 6) is 0. The molecule has 18 heavy (non-hydrogen) atoms. The Morgan fingerprint density at radius 3 is 3.00 bits per heavy atom. The normalized spacial score (nSPS) is 16.9. The number of oxazole rings is 1. The Labute approximate surface area is 107 Å². The highest BCUT2D eigenvalue weighted by atomic mass is 16.4. The molecule has 4 nitrogen and oxygen atoms in total. The van der Waals surface area contributed by atoms with Gasteiger partial charge in [-0.3, -0.25) is 0 Å². The van der Waals surface area contributed by atoms with Gasteiger partial charge in [0.05, 0.1) is 0 Å². The minimum absolute atomic E-state index is 0.494. The fourth-order valence-corrected chi connectivity index (χ4v) is 2.50. The molecular formula is C14H19N3O. The predicted octanol–water partition coefficient (Wildman–Crippen LogP) is 3.40. The van der Waals surface area contributed by atoms with E-state index in [2.05, 4.69) is 17.2 Å². The minimum Gasteiger partial charge on any atom is -0.423 e. The molecule has 0 saturated heterocycles. The zero-order chi connectivity index (χ0) is 12.6. The molecule has 1 aromatic carbocycles.